The van der Waals surface area contributed by atoms with Crippen molar-refractivity contribution in [2.75, 3.05) is 32.8 Å². The van der Waals surface area contributed by atoms with Crippen molar-refractivity contribution in [3.63, 3.8) is 0 Å². The van der Waals surface area contributed by atoms with Gasteiger partial charge < -0.3 is 19.8 Å². The highest BCUT2D eigenvalue weighted by atomic mass is 16.5. The summed E-state index contributed by atoms with van der Waals surface area (Å²) in [7, 11) is 0. The Bertz CT molecular complexity index is 820. The third-order valence-electron chi connectivity index (χ3n) is 5.95. The van der Waals surface area contributed by atoms with E-state index < -0.39 is 11.9 Å². The second-order valence-electron chi connectivity index (χ2n) is 8.65. The smallest absolute Gasteiger partial charge is 0.414 e. The molecule has 10 nitrogen and oxygen atoms in total. The Morgan fingerprint density at radius 2 is 1.65 bits per heavy atom. The van der Waals surface area contributed by atoms with E-state index in [0.717, 1.165) is 44.3 Å². The highest BCUT2D eigenvalue weighted by Gasteiger charge is 2.21. The number of carboxylic acids is 2. The normalized spacial score (nSPS) is 16.7. The lowest BCUT2D eigenvalue weighted by molar-refractivity contribution is -0.159. The van der Waals surface area contributed by atoms with Crippen LogP contribution in [0.5, 0.6) is 5.75 Å². The van der Waals surface area contributed by atoms with Crippen LogP contribution in [0.15, 0.2) is 24.3 Å². The molecule has 0 bridgehead atoms. The van der Waals surface area contributed by atoms with Crippen molar-refractivity contribution < 1.29 is 34.1 Å². The van der Waals surface area contributed by atoms with Crippen LogP contribution in [0.25, 0.3) is 0 Å². The summed E-state index contributed by atoms with van der Waals surface area (Å²) in [6.45, 7) is 5.89. The van der Waals surface area contributed by atoms with Crippen molar-refractivity contribution in [2.24, 2.45) is 5.92 Å². The van der Waals surface area contributed by atoms with E-state index in [1.807, 2.05) is 6.07 Å². The van der Waals surface area contributed by atoms with E-state index in [1.165, 1.54) is 44.6 Å². The largest absolute Gasteiger partial charge is 0.494 e. The number of amides is 3. The predicted octanol–water partition coefficient (Wildman–Crippen LogP) is 2.57. The number of nitrogens with zero attached hydrogens (tertiary/aromatic N) is 2. The van der Waals surface area contributed by atoms with Crippen molar-refractivity contribution in [1.82, 2.24) is 15.1 Å². The highest BCUT2D eigenvalue weighted by Crippen LogP contribution is 2.26. The zero-order valence-corrected chi connectivity index (χ0v) is 19.7. The number of urea groups is 1. The van der Waals surface area contributed by atoms with Gasteiger partial charge in [0.05, 0.1) is 6.61 Å². The quantitative estimate of drug-likeness (QED) is 0.532. The lowest BCUT2D eigenvalue weighted by atomic mass is 9.87. The Morgan fingerprint density at radius 3 is 2.24 bits per heavy atom. The lowest BCUT2D eigenvalue weighted by Crippen LogP contribution is -2.52. The summed E-state index contributed by atoms with van der Waals surface area (Å²) < 4.78 is 6.01. The molecule has 0 unspecified atom stereocenters. The minimum absolute atomic E-state index is 0.291. The van der Waals surface area contributed by atoms with Gasteiger partial charge in [-0.3, -0.25) is 15.0 Å². The van der Waals surface area contributed by atoms with Crippen LogP contribution in [-0.4, -0.2) is 76.7 Å². The number of piperazine rings is 1. The average Bonchev–Trinajstić information content (AvgIpc) is 2.80. The van der Waals surface area contributed by atoms with Gasteiger partial charge >= 0.3 is 18.0 Å². The number of carbonyl (C=O) groups excluding carboxylic acids is 2. The third-order valence-corrected chi connectivity index (χ3v) is 5.95. The molecule has 1 saturated carbocycles. The van der Waals surface area contributed by atoms with Gasteiger partial charge in [0.1, 0.15) is 5.75 Å². The first-order valence-corrected chi connectivity index (χ1v) is 11.7. The summed E-state index contributed by atoms with van der Waals surface area (Å²) >= 11 is 0. The number of hydrogen-bond donors (Lipinski definition) is 3. The van der Waals surface area contributed by atoms with Gasteiger partial charge in [0.2, 0.25) is 5.91 Å². The van der Waals surface area contributed by atoms with Crippen LogP contribution in [-0.2, 0) is 20.9 Å². The maximum atomic E-state index is 11.9. The van der Waals surface area contributed by atoms with E-state index in [-0.39, 0.29) is 11.9 Å². The molecule has 3 rings (SSSR count). The van der Waals surface area contributed by atoms with Crippen molar-refractivity contribution in [3.8, 4) is 5.75 Å². The topological polar surface area (TPSA) is 136 Å². The van der Waals surface area contributed by atoms with Crippen molar-refractivity contribution in [1.29, 1.82) is 0 Å². The van der Waals surface area contributed by atoms with Gasteiger partial charge in [-0.2, -0.15) is 0 Å². The summed E-state index contributed by atoms with van der Waals surface area (Å²) in [4.78, 5) is 45.1. The number of nitrogens with one attached hydrogen (secondary N) is 1. The fraction of sp³-hybridized carbons (Fsp3) is 0.583. The first-order valence-electron chi connectivity index (χ1n) is 11.7. The molecule has 1 aromatic carbocycles. The third kappa shape index (κ3) is 10.2. The molecule has 10 heteroatoms. The summed E-state index contributed by atoms with van der Waals surface area (Å²) in [5, 5.41) is 17.1. The number of benzene rings is 1. The van der Waals surface area contributed by atoms with E-state index in [4.69, 9.17) is 24.5 Å². The predicted molar refractivity (Wildman–Crippen MR) is 124 cm³/mol. The van der Waals surface area contributed by atoms with Crippen molar-refractivity contribution >= 4 is 23.9 Å². The first-order chi connectivity index (χ1) is 16.2. The summed E-state index contributed by atoms with van der Waals surface area (Å²) in [6.07, 6.45) is 8.04. The molecule has 34 heavy (non-hydrogen) atoms. The van der Waals surface area contributed by atoms with E-state index in [2.05, 4.69) is 28.4 Å². The van der Waals surface area contributed by atoms with E-state index >= 15 is 0 Å². The zero-order valence-electron chi connectivity index (χ0n) is 19.7. The number of hydrogen-bond acceptors (Lipinski definition) is 6. The Morgan fingerprint density at radius 1 is 1.00 bits per heavy atom. The van der Waals surface area contributed by atoms with Gasteiger partial charge in [-0.1, -0.05) is 44.2 Å². The number of imide groups is 1. The van der Waals surface area contributed by atoms with E-state index in [9.17, 15) is 9.59 Å². The Labute approximate surface area is 199 Å². The maximum absolute atomic E-state index is 11.9. The van der Waals surface area contributed by atoms with Gasteiger partial charge in [-0.25, -0.2) is 14.4 Å². The number of ether oxygens (including phenoxy) is 1. The lowest BCUT2D eigenvalue weighted by Gasteiger charge is -2.34. The first kappa shape index (κ1) is 27.1. The minimum Gasteiger partial charge on any atom is -0.494 e. The van der Waals surface area contributed by atoms with Crippen LogP contribution in [0.2, 0.25) is 0 Å². The standard InChI is InChI=1S/C22H33N3O3.C2H2O4/c1-18(26)23-22(27)25-13-11-24(12-14-25)17-20-8-5-9-21(16-20)28-15-10-19-6-3-2-4-7-19;3-1(4)2(5)6/h5,8-9,16,19H,2-4,6-7,10-15,17H2,1H3,(H,23,26,27);(H,3,4)(H,5,6). The Hall–Kier alpha value is -3.14. The molecule has 1 heterocycles. The monoisotopic (exact) mass is 477 g/mol. The Balaban J connectivity index is 0.000000604. The molecule has 1 saturated heterocycles. The minimum atomic E-state index is -1.82. The molecule has 2 aliphatic rings. The Kier molecular flexibility index (Phi) is 11.3. The molecule has 0 spiro atoms. The highest BCUT2D eigenvalue weighted by molar-refractivity contribution is 6.27. The van der Waals surface area contributed by atoms with Gasteiger partial charge in [0.15, 0.2) is 0 Å². The number of carbonyl (C=O) groups is 4. The van der Waals surface area contributed by atoms with Gasteiger partial charge in [0.25, 0.3) is 0 Å². The number of rotatable bonds is 6. The van der Waals surface area contributed by atoms with Crippen LogP contribution < -0.4 is 10.1 Å². The van der Waals surface area contributed by atoms with Crippen molar-refractivity contribution in [3.05, 3.63) is 29.8 Å². The average molecular weight is 478 g/mol. The van der Waals surface area contributed by atoms with E-state index in [1.54, 1.807) is 4.90 Å². The molecule has 1 aliphatic carbocycles. The van der Waals surface area contributed by atoms with Crippen LogP contribution >= 0.6 is 0 Å². The van der Waals surface area contributed by atoms with E-state index in [0.29, 0.717) is 13.1 Å². The molecule has 1 aromatic rings. The molecule has 188 valence electrons. The number of aliphatic carboxylic acids is 2. The molecular formula is C24H35N3O7. The summed E-state index contributed by atoms with van der Waals surface area (Å²) in [6, 6.07) is 8.06. The summed E-state index contributed by atoms with van der Waals surface area (Å²) in [5.41, 5.74) is 1.23. The molecule has 0 aromatic heterocycles. The maximum Gasteiger partial charge on any atom is 0.414 e. The van der Waals surface area contributed by atoms with Crippen LogP contribution in [0, 0.1) is 5.92 Å². The SMILES string of the molecule is CC(=O)NC(=O)N1CCN(Cc2cccc(OCCC3CCCCC3)c2)CC1.O=C(O)C(=O)O. The van der Waals surface area contributed by atoms with Crippen LogP contribution in [0.4, 0.5) is 4.79 Å². The molecule has 3 N–H and O–H groups in total. The second-order valence-corrected chi connectivity index (χ2v) is 8.65. The van der Waals surface area contributed by atoms with Crippen LogP contribution in [0.1, 0.15) is 51.0 Å². The van der Waals surface area contributed by atoms with Crippen molar-refractivity contribution in [2.45, 2.75) is 52.0 Å². The van der Waals surface area contributed by atoms with Gasteiger partial charge in [-0.15, -0.1) is 0 Å². The second kappa shape index (κ2) is 14.2. The van der Waals surface area contributed by atoms with Gasteiger partial charge in [-0.05, 0) is 30.0 Å². The summed E-state index contributed by atoms with van der Waals surface area (Å²) in [5.74, 6) is -2.17. The number of carboxylic acid groups (broad SMARTS) is 2. The molecule has 2 fully saturated rings. The molecule has 1 aliphatic heterocycles. The zero-order chi connectivity index (χ0) is 24.9. The molecule has 3 amide bonds. The molecule has 0 radical (unpaired) electrons. The molecular weight excluding hydrogens is 442 g/mol. The van der Waals surface area contributed by atoms with Gasteiger partial charge in [0, 0.05) is 39.6 Å². The fourth-order valence-corrected chi connectivity index (χ4v) is 4.15. The molecule has 0 atom stereocenters. The fourth-order valence-electron chi connectivity index (χ4n) is 4.15. The van der Waals surface area contributed by atoms with Crippen LogP contribution in [0.3, 0.4) is 0 Å².